The topological polar surface area (TPSA) is 24.9 Å². The average Bonchev–Trinajstić information content (AvgIpc) is 2.35. The molecule has 0 atom stereocenters. The molecule has 0 unspecified atom stereocenters. The fourth-order valence-corrected chi connectivity index (χ4v) is 2.18. The van der Waals surface area contributed by atoms with Crippen molar-refractivity contribution in [3.63, 3.8) is 0 Å². The predicted molar refractivity (Wildman–Crippen MR) is 79.3 cm³/mol. The highest BCUT2D eigenvalue weighted by Crippen LogP contribution is 2.29. The van der Waals surface area contributed by atoms with E-state index in [1.165, 1.54) is 0 Å². The van der Waals surface area contributed by atoms with Crippen LogP contribution in [0, 0.1) is 12.7 Å². The van der Waals surface area contributed by atoms with E-state index < -0.39 is 0 Å². The lowest BCUT2D eigenvalue weighted by Gasteiger charge is -2.14. The SMILES string of the molecule is CCCNc1cc(C(C)C)nc2c(C)cc(F)cc12. The Balaban J connectivity index is 2.67. The minimum atomic E-state index is -0.205. The molecular formula is C16H21FN2. The first-order valence-electron chi connectivity index (χ1n) is 6.87. The minimum Gasteiger partial charge on any atom is -0.384 e. The van der Waals surface area contributed by atoms with Crippen LogP contribution in [0.5, 0.6) is 0 Å². The Labute approximate surface area is 114 Å². The number of hydrogen-bond acceptors (Lipinski definition) is 2. The van der Waals surface area contributed by atoms with Gasteiger partial charge in [0.05, 0.1) is 5.52 Å². The van der Waals surface area contributed by atoms with Crippen molar-refractivity contribution in [2.24, 2.45) is 0 Å². The maximum Gasteiger partial charge on any atom is 0.124 e. The standard InChI is InChI=1S/C16H21FN2/c1-5-6-18-15-9-14(10(2)3)19-16-11(4)7-12(17)8-13(15)16/h7-10H,5-6H2,1-4H3,(H,18,19). The zero-order valence-corrected chi connectivity index (χ0v) is 12.0. The number of pyridine rings is 1. The van der Waals surface area contributed by atoms with Crippen molar-refractivity contribution >= 4 is 16.6 Å². The molecule has 0 saturated carbocycles. The van der Waals surface area contributed by atoms with Gasteiger partial charge in [-0.05, 0) is 43.0 Å². The number of benzene rings is 1. The number of fused-ring (bicyclic) bond motifs is 1. The van der Waals surface area contributed by atoms with E-state index in [4.69, 9.17) is 0 Å². The molecule has 1 aromatic carbocycles. The molecule has 1 aromatic heterocycles. The van der Waals surface area contributed by atoms with Gasteiger partial charge in [0.1, 0.15) is 5.82 Å². The number of aryl methyl sites for hydroxylation is 1. The summed E-state index contributed by atoms with van der Waals surface area (Å²) in [5.74, 6) is 0.152. The van der Waals surface area contributed by atoms with Gasteiger partial charge in [-0.25, -0.2) is 4.39 Å². The highest BCUT2D eigenvalue weighted by Gasteiger charge is 2.11. The number of halogens is 1. The molecule has 2 aromatic rings. The second-order valence-electron chi connectivity index (χ2n) is 5.30. The van der Waals surface area contributed by atoms with Crippen LogP contribution in [0.4, 0.5) is 10.1 Å². The fraction of sp³-hybridized carbons (Fsp3) is 0.438. The van der Waals surface area contributed by atoms with Crippen LogP contribution in [-0.2, 0) is 0 Å². The van der Waals surface area contributed by atoms with Crippen molar-refractivity contribution in [2.45, 2.75) is 40.0 Å². The van der Waals surface area contributed by atoms with Crippen LogP contribution in [0.3, 0.4) is 0 Å². The van der Waals surface area contributed by atoms with Crippen LogP contribution in [0.2, 0.25) is 0 Å². The third kappa shape index (κ3) is 2.86. The molecular weight excluding hydrogens is 239 g/mol. The van der Waals surface area contributed by atoms with Crippen molar-refractivity contribution in [1.29, 1.82) is 0 Å². The van der Waals surface area contributed by atoms with Gasteiger partial charge in [0.2, 0.25) is 0 Å². The molecule has 3 heteroatoms. The van der Waals surface area contributed by atoms with E-state index in [-0.39, 0.29) is 5.82 Å². The molecule has 0 spiro atoms. The molecule has 0 saturated heterocycles. The third-order valence-electron chi connectivity index (χ3n) is 3.25. The quantitative estimate of drug-likeness (QED) is 0.867. The van der Waals surface area contributed by atoms with E-state index in [0.717, 1.165) is 40.8 Å². The summed E-state index contributed by atoms with van der Waals surface area (Å²) in [6.45, 7) is 9.15. The third-order valence-corrected chi connectivity index (χ3v) is 3.25. The molecule has 1 heterocycles. The normalized spacial score (nSPS) is 11.3. The lowest BCUT2D eigenvalue weighted by Crippen LogP contribution is -2.04. The Kier molecular flexibility index (Phi) is 4.03. The second-order valence-corrected chi connectivity index (χ2v) is 5.30. The van der Waals surface area contributed by atoms with Crippen LogP contribution >= 0.6 is 0 Å². The van der Waals surface area contributed by atoms with Crippen LogP contribution in [0.15, 0.2) is 18.2 Å². The first kappa shape index (κ1) is 13.8. The number of anilines is 1. The Bertz CT molecular complexity index is 591. The van der Waals surface area contributed by atoms with Crippen LogP contribution in [-0.4, -0.2) is 11.5 Å². The van der Waals surface area contributed by atoms with E-state index in [1.807, 2.05) is 13.0 Å². The predicted octanol–water partition coefficient (Wildman–Crippen LogP) is 4.63. The number of rotatable bonds is 4. The van der Waals surface area contributed by atoms with Crippen molar-refractivity contribution in [3.05, 3.63) is 35.3 Å². The van der Waals surface area contributed by atoms with Gasteiger partial charge in [-0.3, -0.25) is 4.98 Å². The summed E-state index contributed by atoms with van der Waals surface area (Å²) in [4.78, 5) is 4.68. The largest absolute Gasteiger partial charge is 0.384 e. The van der Waals surface area contributed by atoms with Crippen molar-refractivity contribution < 1.29 is 4.39 Å². The Hall–Kier alpha value is -1.64. The van der Waals surface area contributed by atoms with Crippen molar-refractivity contribution in [1.82, 2.24) is 4.98 Å². The molecule has 0 fully saturated rings. The summed E-state index contributed by atoms with van der Waals surface area (Å²) < 4.78 is 13.6. The minimum absolute atomic E-state index is 0.205. The molecule has 19 heavy (non-hydrogen) atoms. The van der Waals surface area contributed by atoms with Gasteiger partial charge >= 0.3 is 0 Å². The number of nitrogens with one attached hydrogen (secondary N) is 1. The molecule has 0 bridgehead atoms. The highest BCUT2D eigenvalue weighted by molar-refractivity contribution is 5.93. The molecule has 0 aliphatic carbocycles. The van der Waals surface area contributed by atoms with Gasteiger partial charge in [-0.1, -0.05) is 20.8 Å². The lowest BCUT2D eigenvalue weighted by molar-refractivity contribution is 0.628. The average molecular weight is 260 g/mol. The van der Waals surface area contributed by atoms with E-state index in [1.54, 1.807) is 12.1 Å². The summed E-state index contributed by atoms with van der Waals surface area (Å²) in [6, 6.07) is 5.15. The van der Waals surface area contributed by atoms with Gasteiger partial charge in [0, 0.05) is 23.3 Å². The van der Waals surface area contributed by atoms with Crippen LogP contribution in [0.25, 0.3) is 10.9 Å². The van der Waals surface area contributed by atoms with Crippen molar-refractivity contribution in [2.75, 3.05) is 11.9 Å². The van der Waals surface area contributed by atoms with Gasteiger partial charge in [0.25, 0.3) is 0 Å². The van der Waals surface area contributed by atoms with E-state index >= 15 is 0 Å². The Morgan fingerprint density at radius 1 is 1.26 bits per heavy atom. The first-order chi connectivity index (χ1) is 9.02. The summed E-state index contributed by atoms with van der Waals surface area (Å²) in [5, 5.41) is 4.25. The van der Waals surface area contributed by atoms with E-state index in [2.05, 4.69) is 31.1 Å². The molecule has 2 nitrogen and oxygen atoms in total. The van der Waals surface area contributed by atoms with Crippen LogP contribution in [0.1, 0.15) is 44.4 Å². The number of hydrogen-bond donors (Lipinski definition) is 1. The summed E-state index contributed by atoms with van der Waals surface area (Å²) in [7, 11) is 0. The molecule has 0 radical (unpaired) electrons. The zero-order valence-electron chi connectivity index (χ0n) is 12.0. The Morgan fingerprint density at radius 2 is 2.00 bits per heavy atom. The Morgan fingerprint density at radius 3 is 2.63 bits per heavy atom. The van der Waals surface area contributed by atoms with Crippen LogP contribution < -0.4 is 5.32 Å². The molecule has 0 aliphatic rings. The van der Waals surface area contributed by atoms with Gasteiger partial charge in [-0.2, -0.15) is 0 Å². The summed E-state index contributed by atoms with van der Waals surface area (Å²) in [6.07, 6.45) is 1.04. The van der Waals surface area contributed by atoms with E-state index in [0.29, 0.717) is 5.92 Å². The maximum absolute atomic E-state index is 13.6. The van der Waals surface area contributed by atoms with Gasteiger partial charge < -0.3 is 5.32 Å². The summed E-state index contributed by atoms with van der Waals surface area (Å²) >= 11 is 0. The second kappa shape index (κ2) is 5.55. The highest BCUT2D eigenvalue weighted by atomic mass is 19.1. The zero-order chi connectivity index (χ0) is 14.0. The summed E-state index contributed by atoms with van der Waals surface area (Å²) in [5.41, 5.74) is 3.81. The van der Waals surface area contributed by atoms with E-state index in [9.17, 15) is 4.39 Å². The lowest BCUT2D eigenvalue weighted by atomic mass is 10.0. The first-order valence-corrected chi connectivity index (χ1v) is 6.87. The van der Waals surface area contributed by atoms with Gasteiger partial charge in [0.15, 0.2) is 0 Å². The molecule has 0 amide bonds. The van der Waals surface area contributed by atoms with Crippen molar-refractivity contribution in [3.8, 4) is 0 Å². The monoisotopic (exact) mass is 260 g/mol. The molecule has 1 N–H and O–H groups in total. The molecule has 2 rings (SSSR count). The molecule has 102 valence electrons. The fourth-order valence-electron chi connectivity index (χ4n) is 2.18. The maximum atomic E-state index is 13.6. The number of nitrogens with zero attached hydrogens (tertiary/aromatic N) is 1. The van der Waals surface area contributed by atoms with Gasteiger partial charge in [-0.15, -0.1) is 0 Å². The smallest absolute Gasteiger partial charge is 0.124 e. The number of aromatic nitrogens is 1. The molecule has 0 aliphatic heterocycles.